The molecule has 166 valence electrons. The molecule has 0 saturated heterocycles. The molecule has 30 heavy (non-hydrogen) atoms. The van der Waals surface area contributed by atoms with Gasteiger partial charge in [-0.15, -0.1) is 0 Å². The molecule has 4 amide bonds. The minimum atomic E-state index is -0.979. The van der Waals surface area contributed by atoms with Crippen LogP contribution in [0.4, 0.5) is 0 Å². The number of rotatable bonds is 14. The summed E-state index contributed by atoms with van der Waals surface area (Å²) in [6, 6.07) is 3.47. The summed E-state index contributed by atoms with van der Waals surface area (Å²) in [4.78, 5) is 46.6. The van der Waals surface area contributed by atoms with E-state index in [2.05, 4.69) is 21.5 Å². The molecule has 0 radical (unpaired) electrons. The van der Waals surface area contributed by atoms with Gasteiger partial charge in [-0.05, 0) is 36.5 Å². The van der Waals surface area contributed by atoms with Crippen LogP contribution in [-0.4, -0.2) is 53.9 Å². The van der Waals surface area contributed by atoms with E-state index in [4.69, 9.17) is 11.5 Å². The van der Waals surface area contributed by atoms with Crippen molar-refractivity contribution in [1.29, 1.82) is 0 Å². The van der Waals surface area contributed by atoms with Crippen LogP contribution in [0.25, 0.3) is 0 Å². The second-order valence-corrected chi connectivity index (χ2v) is 7.29. The fourth-order valence-electron chi connectivity index (χ4n) is 2.66. The lowest BCUT2D eigenvalue weighted by Gasteiger charge is -2.25. The summed E-state index contributed by atoms with van der Waals surface area (Å²) in [6.45, 7) is 3.71. The monoisotopic (exact) mass is 422 g/mol. The van der Waals surface area contributed by atoms with Gasteiger partial charge in [-0.3, -0.25) is 19.2 Å². The van der Waals surface area contributed by atoms with Crippen molar-refractivity contribution in [2.24, 2.45) is 17.4 Å². The Morgan fingerprint density at radius 1 is 1.00 bits per heavy atom. The van der Waals surface area contributed by atoms with Crippen LogP contribution < -0.4 is 33.0 Å². The number of benzene rings is 1. The first kappa shape index (κ1) is 24.9. The number of carbonyl (C=O) groups excluding carboxylic acids is 4. The minimum absolute atomic E-state index is 0.0743. The Kier molecular flexibility index (Phi) is 10.3. The molecule has 1 unspecified atom stereocenters. The van der Waals surface area contributed by atoms with Crippen LogP contribution in [0.15, 0.2) is 24.3 Å². The van der Waals surface area contributed by atoms with Gasteiger partial charge in [0.15, 0.2) is 0 Å². The summed E-state index contributed by atoms with van der Waals surface area (Å²) in [7, 11) is 0. The lowest BCUT2D eigenvalue weighted by molar-refractivity contribution is -0.129. The molecule has 0 saturated carbocycles. The number of hydrazine groups is 1. The molecule has 0 bridgehead atoms. The molecule has 1 rings (SSSR count). The first-order valence-corrected chi connectivity index (χ1v) is 9.49. The fraction of sp³-hybridized carbons (Fsp3) is 0.474. The van der Waals surface area contributed by atoms with Crippen molar-refractivity contribution in [2.75, 3.05) is 6.54 Å². The molecule has 3 atom stereocenters. The number of hydrogen-bond donors (Lipinski definition) is 7. The van der Waals surface area contributed by atoms with E-state index in [1.165, 1.54) is 12.1 Å². The van der Waals surface area contributed by atoms with Gasteiger partial charge in [-0.25, -0.2) is 10.9 Å². The number of aromatic hydroxyl groups is 1. The molecule has 9 N–H and O–H groups in total. The second kappa shape index (κ2) is 12.4. The zero-order valence-electron chi connectivity index (χ0n) is 17.1. The summed E-state index contributed by atoms with van der Waals surface area (Å²) in [5, 5.41) is 14.4. The van der Waals surface area contributed by atoms with Gasteiger partial charge >= 0.3 is 0 Å². The van der Waals surface area contributed by atoms with Crippen LogP contribution in [-0.2, 0) is 25.6 Å². The van der Waals surface area contributed by atoms with Gasteiger partial charge in [0.05, 0.1) is 0 Å². The van der Waals surface area contributed by atoms with Crippen molar-refractivity contribution in [3.8, 4) is 5.75 Å². The number of nitrogens with one attached hydrogen (secondary N) is 4. The number of nitrogens with two attached hydrogens (primary N) is 2. The van der Waals surface area contributed by atoms with Gasteiger partial charge in [0.1, 0.15) is 23.9 Å². The molecule has 0 spiro atoms. The molecule has 0 aromatic heterocycles. The summed E-state index contributed by atoms with van der Waals surface area (Å²) in [5.74, 6) is -1.72. The minimum Gasteiger partial charge on any atom is -0.508 e. The largest absolute Gasteiger partial charge is 0.508 e. The third-order valence-corrected chi connectivity index (χ3v) is 4.24. The summed E-state index contributed by atoms with van der Waals surface area (Å²) < 4.78 is 0. The highest BCUT2D eigenvalue weighted by atomic mass is 16.3. The van der Waals surface area contributed by atoms with Gasteiger partial charge in [-0.2, -0.15) is 0 Å². The van der Waals surface area contributed by atoms with E-state index in [1.54, 1.807) is 12.1 Å². The molecule has 0 heterocycles. The topological polar surface area (TPSA) is 189 Å². The highest BCUT2D eigenvalue weighted by molar-refractivity contribution is 5.89. The van der Waals surface area contributed by atoms with E-state index in [1.807, 2.05) is 13.8 Å². The first-order chi connectivity index (χ1) is 14.1. The summed E-state index contributed by atoms with van der Waals surface area (Å²) in [6.07, 6.45) is 0.952. The van der Waals surface area contributed by atoms with Gasteiger partial charge < -0.3 is 27.2 Å². The van der Waals surface area contributed by atoms with Gasteiger partial charge in [0, 0.05) is 6.54 Å². The Morgan fingerprint density at radius 3 is 2.07 bits per heavy atom. The third kappa shape index (κ3) is 8.88. The number of carbonyl (C=O) groups is 4. The van der Waals surface area contributed by atoms with E-state index in [-0.39, 0.29) is 24.6 Å². The lowest BCUT2D eigenvalue weighted by atomic mass is 10.0. The third-order valence-electron chi connectivity index (χ3n) is 4.24. The Balaban J connectivity index is 2.95. The van der Waals surface area contributed by atoms with E-state index in [0.717, 1.165) is 0 Å². The average Bonchev–Trinajstić information content (AvgIpc) is 2.67. The van der Waals surface area contributed by atoms with E-state index in [0.29, 0.717) is 18.4 Å². The lowest BCUT2D eigenvalue weighted by Crippen LogP contribution is -2.60. The van der Waals surface area contributed by atoms with Gasteiger partial charge in [0.25, 0.3) is 0 Å². The molecule has 0 fully saturated rings. The Morgan fingerprint density at radius 2 is 1.57 bits per heavy atom. The van der Waals surface area contributed by atoms with Crippen molar-refractivity contribution in [1.82, 2.24) is 21.5 Å². The quantitative estimate of drug-likeness (QED) is 0.133. The first-order valence-electron chi connectivity index (χ1n) is 9.49. The Hall–Kier alpha value is -3.18. The van der Waals surface area contributed by atoms with Gasteiger partial charge in [0.2, 0.25) is 24.1 Å². The average molecular weight is 422 g/mol. The maximum atomic E-state index is 12.8. The summed E-state index contributed by atoms with van der Waals surface area (Å²) >= 11 is 0. The number of hydrogen-bond acceptors (Lipinski definition) is 7. The molecule has 0 aliphatic heterocycles. The molecule has 0 aliphatic carbocycles. The number of phenolic OH excluding ortho intramolecular Hbond substituents is 1. The van der Waals surface area contributed by atoms with Crippen LogP contribution in [0, 0.1) is 5.92 Å². The van der Waals surface area contributed by atoms with E-state index >= 15 is 0 Å². The van der Waals surface area contributed by atoms with Crippen LogP contribution >= 0.6 is 0 Å². The highest BCUT2D eigenvalue weighted by Crippen LogP contribution is 2.12. The van der Waals surface area contributed by atoms with Gasteiger partial charge in [-0.1, -0.05) is 26.0 Å². The number of phenols is 1. The van der Waals surface area contributed by atoms with Crippen molar-refractivity contribution in [2.45, 2.75) is 44.8 Å². The zero-order chi connectivity index (χ0) is 22.7. The van der Waals surface area contributed by atoms with Crippen molar-refractivity contribution >= 4 is 24.1 Å². The molecule has 0 aliphatic rings. The second-order valence-electron chi connectivity index (χ2n) is 7.29. The zero-order valence-corrected chi connectivity index (χ0v) is 17.1. The van der Waals surface area contributed by atoms with E-state index < -0.39 is 35.8 Å². The molecule has 1 aromatic rings. The molecular formula is C19H30N6O5. The van der Waals surface area contributed by atoms with Crippen molar-refractivity contribution < 1.29 is 24.3 Å². The summed E-state index contributed by atoms with van der Waals surface area (Å²) in [5.41, 5.74) is 16.8. The van der Waals surface area contributed by atoms with Crippen LogP contribution in [0.5, 0.6) is 5.75 Å². The Bertz CT molecular complexity index is 725. The van der Waals surface area contributed by atoms with Crippen LogP contribution in [0.1, 0.15) is 25.8 Å². The smallest absolute Gasteiger partial charge is 0.240 e. The van der Waals surface area contributed by atoms with Crippen molar-refractivity contribution in [3.05, 3.63) is 29.8 Å². The van der Waals surface area contributed by atoms with E-state index in [9.17, 15) is 24.3 Å². The highest BCUT2D eigenvalue weighted by Gasteiger charge is 2.26. The molecule has 1 aromatic carbocycles. The standard InChI is InChI=1S/C19H30N6O5/c1-11(2)7-14(17(20)28)23-19(30)15(8-12-3-5-13(27)6-4-12)24-25-16(18(21)29)9-22-10-26/h3-6,10-11,14-16,24-25,27H,7-9H2,1-2H3,(H2,20,28)(H2,21,29)(H,22,26)(H,23,30)/t14-,15-,16?/m0/s1. The van der Waals surface area contributed by atoms with Crippen LogP contribution in [0.2, 0.25) is 0 Å². The fourth-order valence-corrected chi connectivity index (χ4v) is 2.66. The SMILES string of the molecule is CC(C)C[C@H](NC(=O)[C@H](Cc1ccc(O)cc1)NNC(CNC=O)C(N)=O)C(N)=O. The number of amides is 4. The predicted molar refractivity (Wildman–Crippen MR) is 109 cm³/mol. The molecular weight excluding hydrogens is 392 g/mol. The number of primary amides is 2. The Labute approximate surface area is 174 Å². The normalized spacial score (nSPS) is 13.8. The maximum absolute atomic E-state index is 12.8. The predicted octanol–water partition coefficient (Wildman–Crippen LogP) is -1.99. The molecule has 11 heteroatoms. The molecule has 11 nitrogen and oxygen atoms in total. The van der Waals surface area contributed by atoms with Crippen LogP contribution in [0.3, 0.4) is 0 Å². The van der Waals surface area contributed by atoms with Crippen molar-refractivity contribution in [3.63, 3.8) is 0 Å². The maximum Gasteiger partial charge on any atom is 0.240 e.